The van der Waals surface area contributed by atoms with Gasteiger partial charge in [-0.05, 0) is 38.5 Å². The Balaban J connectivity index is 1.48. The van der Waals surface area contributed by atoms with Gasteiger partial charge in [-0.15, -0.1) is 0 Å². The van der Waals surface area contributed by atoms with Gasteiger partial charge in [-0.3, -0.25) is 0 Å². The molecule has 3 rings (SSSR count). The Kier molecular flexibility index (Phi) is 4.68. The summed E-state index contributed by atoms with van der Waals surface area (Å²) in [6, 6.07) is 1.18. The van der Waals surface area contributed by atoms with Crippen LogP contribution in [0.2, 0.25) is 0 Å². The van der Waals surface area contributed by atoms with Crippen LogP contribution in [0.1, 0.15) is 38.5 Å². The van der Waals surface area contributed by atoms with Crippen molar-refractivity contribution in [2.45, 2.75) is 69.4 Å². The van der Waals surface area contributed by atoms with E-state index in [1.807, 2.05) is 12.2 Å². The molecule has 114 valence electrons. The van der Waals surface area contributed by atoms with Crippen molar-refractivity contribution in [3.63, 3.8) is 0 Å². The third-order valence-electron chi connectivity index (χ3n) is 4.71. The molecule has 0 aromatic heterocycles. The molecule has 0 amide bonds. The number of ether oxygens (including phenoxy) is 2. The number of alkyl halides is 2. The van der Waals surface area contributed by atoms with Crippen LogP contribution in [0.5, 0.6) is 0 Å². The van der Waals surface area contributed by atoms with Gasteiger partial charge in [-0.1, -0.05) is 12.2 Å². The van der Waals surface area contributed by atoms with E-state index in [9.17, 15) is 8.78 Å². The van der Waals surface area contributed by atoms with E-state index >= 15 is 0 Å². The molecule has 0 aromatic rings. The molecule has 2 fully saturated rings. The zero-order chi connectivity index (χ0) is 13.9. The van der Waals surface area contributed by atoms with Crippen molar-refractivity contribution < 1.29 is 18.3 Å². The third kappa shape index (κ3) is 3.57. The first-order valence-electron chi connectivity index (χ1n) is 7.68. The molecule has 0 spiro atoms. The lowest BCUT2D eigenvalue weighted by Gasteiger charge is -2.32. The molecule has 1 N–H and O–H groups in total. The molecule has 3 aliphatic rings. The van der Waals surface area contributed by atoms with E-state index in [1.54, 1.807) is 0 Å². The maximum Gasteiger partial charge on any atom is 0.345 e. The molecule has 1 aliphatic carbocycles. The summed E-state index contributed by atoms with van der Waals surface area (Å²) in [5.74, 6) is -0.0368. The Bertz CT molecular complexity index is 339. The van der Waals surface area contributed by atoms with Crippen molar-refractivity contribution in [3.8, 4) is 0 Å². The fraction of sp³-hybridized carbons (Fsp3) is 0.867. The number of hydrogen-bond acceptors (Lipinski definition) is 3. The highest BCUT2D eigenvalue weighted by Crippen LogP contribution is 2.30. The summed E-state index contributed by atoms with van der Waals surface area (Å²) in [7, 11) is 0. The monoisotopic (exact) mass is 287 g/mol. The van der Waals surface area contributed by atoms with Gasteiger partial charge in [0, 0.05) is 18.0 Å². The Hall–Kier alpha value is -0.520. The first-order valence-corrected chi connectivity index (χ1v) is 7.68. The molecular weight excluding hydrogens is 264 g/mol. The van der Waals surface area contributed by atoms with Crippen molar-refractivity contribution in [3.05, 3.63) is 12.2 Å². The van der Waals surface area contributed by atoms with E-state index in [-0.39, 0.29) is 12.0 Å². The molecular formula is C15H23F2NO2. The van der Waals surface area contributed by atoms with Crippen molar-refractivity contribution in [1.29, 1.82) is 0 Å². The second kappa shape index (κ2) is 6.50. The highest BCUT2D eigenvalue weighted by atomic mass is 19.3. The van der Waals surface area contributed by atoms with Crippen LogP contribution in [0.15, 0.2) is 12.2 Å². The minimum atomic E-state index is -2.69. The summed E-state index contributed by atoms with van der Waals surface area (Å²) < 4.78 is 35.5. The van der Waals surface area contributed by atoms with E-state index in [0.717, 1.165) is 19.3 Å². The van der Waals surface area contributed by atoms with Crippen LogP contribution in [0.3, 0.4) is 0 Å². The van der Waals surface area contributed by atoms with Gasteiger partial charge < -0.3 is 14.8 Å². The SMILES string of the molecule is FC(F)OC1CCC=CC1COC1CC2CCC(C1)N2. The van der Waals surface area contributed by atoms with Crippen LogP contribution in [-0.4, -0.2) is 37.5 Å². The second-order valence-corrected chi connectivity index (χ2v) is 6.17. The molecule has 0 radical (unpaired) electrons. The van der Waals surface area contributed by atoms with Crippen molar-refractivity contribution in [1.82, 2.24) is 5.32 Å². The molecule has 2 heterocycles. The van der Waals surface area contributed by atoms with Gasteiger partial charge in [0.05, 0.1) is 18.8 Å². The number of fused-ring (bicyclic) bond motifs is 2. The maximum atomic E-state index is 12.4. The van der Waals surface area contributed by atoms with Gasteiger partial charge >= 0.3 is 6.61 Å². The van der Waals surface area contributed by atoms with E-state index < -0.39 is 12.7 Å². The lowest BCUT2D eigenvalue weighted by atomic mass is 9.93. The summed E-state index contributed by atoms with van der Waals surface area (Å²) in [6.07, 6.45) is 9.95. The quantitative estimate of drug-likeness (QED) is 0.789. The van der Waals surface area contributed by atoms with Crippen LogP contribution >= 0.6 is 0 Å². The largest absolute Gasteiger partial charge is 0.377 e. The van der Waals surface area contributed by atoms with Crippen LogP contribution in [0, 0.1) is 5.92 Å². The minimum absolute atomic E-state index is 0.0368. The fourth-order valence-corrected chi connectivity index (χ4v) is 3.72. The second-order valence-electron chi connectivity index (χ2n) is 6.17. The minimum Gasteiger partial charge on any atom is -0.377 e. The van der Waals surface area contributed by atoms with Gasteiger partial charge in [0.2, 0.25) is 0 Å². The van der Waals surface area contributed by atoms with Crippen LogP contribution in [0.25, 0.3) is 0 Å². The lowest BCUT2D eigenvalue weighted by Crippen LogP contribution is -2.42. The fourth-order valence-electron chi connectivity index (χ4n) is 3.72. The average Bonchev–Trinajstić information content (AvgIpc) is 2.76. The highest BCUT2D eigenvalue weighted by Gasteiger charge is 2.34. The van der Waals surface area contributed by atoms with Crippen molar-refractivity contribution >= 4 is 0 Å². The number of hydrogen-bond donors (Lipinski definition) is 1. The average molecular weight is 287 g/mol. The van der Waals surface area contributed by atoms with Gasteiger partial charge in [0.15, 0.2) is 0 Å². The first kappa shape index (κ1) is 14.4. The van der Waals surface area contributed by atoms with E-state index in [0.29, 0.717) is 25.1 Å². The summed E-state index contributed by atoms with van der Waals surface area (Å²) in [4.78, 5) is 0. The van der Waals surface area contributed by atoms with Gasteiger partial charge in [0.25, 0.3) is 0 Å². The van der Waals surface area contributed by atoms with Crippen LogP contribution < -0.4 is 5.32 Å². The Morgan fingerprint density at radius 2 is 1.90 bits per heavy atom. The van der Waals surface area contributed by atoms with E-state index in [1.165, 1.54) is 12.8 Å². The zero-order valence-corrected chi connectivity index (χ0v) is 11.6. The molecule has 0 aromatic carbocycles. The molecule has 4 unspecified atom stereocenters. The first-order chi connectivity index (χ1) is 9.70. The number of allylic oxidation sites excluding steroid dienone is 1. The van der Waals surface area contributed by atoms with Crippen molar-refractivity contribution in [2.24, 2.45) is 5.92 Å². The van der Waals surface area contributed by atoms with Crippen LogP contribution in [-0.2, 0) is 9.47 Å². The number of nitrogens with one attached hydrogen (secondary N) is 1. The summed E-state index contributed by atoms with van der Waals surface area (Å²) >= 11 is 0. The Labute approximate surface area is 118 Å². The topological polar surface area (TPSA) is 30.5 Å². The molecule has 3 nitrogen and oxygen atoms in total. The summed E-state index contributed by atoms with van der Waals surface area (Å²) in [6.45, 7) is -2.19. The summed E-state index contributed by atoms with van der Waals surface area (Å²) in [5.41, 5.74) is 0. The Morgan fingerprint density at radius 1 is 1.15 bits per heavy atom. The van der Waals surface area contributed by atoms with Gasteiger partial charge in [0.1, 0.15) is 0 Å². The molecule has 0 saturated carbocycles. The molecule has 5 heteroatoms. The number of halogens is 2. The maximum absolute atomic E-state index is 12.4. The summed E-state index contributed by atoms with van der Waals surface area (Å²) in [5, 5.41) is 3.58. The smallest absolute Gasteiger partial charge is 0.345 e. The standard InChI is InChI=1S/C15H23F2NO2/c16-15(17)20-14-4-2-1-3-10(14)9-19-13-7-11-5-6-12(8-13)18-11/h1,3,10-15,18H,2,4-9H2. The number of piperidine rings is 1. The van der Waals surface area contributed by atoms with Crippen molar-refractivity contribution in [2.75, 3.05) is 6.61 Å². The predicted octanol–water partition coefficient (Wildman–Crippen LogP) is 2.86. The van der Waals surface area contributed by atoms with Crippen LogP contribution in [0.4, 0.5) is 8.78 Å². The predicted molar refractivity (Wildman–Crippen MR) is 71.7 cm³/mol. The lowest BCUT2D eigenvalue weighted by molar-refractivity contribution is -0.180. The molecule has 20 heavy (non-hydrogen) atoms. The third-order valence-corrected chi connectivity index (χ3v) is 4.71. The zero-order valence-electron chi connectivity index (χ0n) is 11.6. The normalized spacial score (nSPS) is 40.5. The molecule has 2 aliphatic heterocycles. The number of rotatable bonds is 5. The Morgan fingerprint density at radius 3 is 2.60 bits per heavy atom. The molecule has 2 bridgehead atoms. The van der Waals surface area contributed by atoms with E-state index in [2.05, 4.69) is 5.32 Å². The molecule has 2 saturated heterocycles. The van der Waals surface area contributed by atoms with E-state index in [4.69, 9.17) is 9.47 Å². The molecule has 4 atom stereocenters. The van der Waals surface area contributed by atoms with Gasteiger partial charge in [-0.2, -0.15) is 8.78 Å². The highest BCUT2D eigenvalue weighted by molar-refractivity contribution is 4.99. The van der Waals surface area contributed by atoms with Gasteiger partial charge in [-0.25, -0.2) is 0 Å².